The summed E-state index contributed by atoms with van der Waals surface area (Å²) < 4.78 is 13.3. The first-order chi connectivity index (χ1) is 5.09. The van der Waals surface area contributed by atoms with Crippen LogP contribution < -0.4 is 0 Å². The summed E-state index contributed by atoms with van der Waals surface area (Å²) in [4.78, 5) is 20.7. The minimum atomic E-state index is -1.26. The van der Waals surface area contributed by atoms with Gasteiger partial charge in [0.2, 0.25) is 0 Å². The highest BCUT2D eigenvalue weighted by molar-refractivity contribution is 6.55. The predicted molar refractivity (Wildman–Crippen MR) is 33.8 cm³/mol. The lowest BCUT2D eigenvalue weighted by Crippen LogP contribution is -2.18. The minimum absolute atomic E-state index is 0.303. The lowest BCUT2D eigenvalue weighted by molar-refractivity contribution is -0.150. The van der Waals surface area contributed by atoms with E-state index in [4.69, 9.17) is 0 Å². The summed E-state index contributed by atoms with van der Waals surface area (Å²) >= 11 is 0. The Balaban J connectivity index is 2.47. The molecule has 0 aliphatic carbocycles. The number of carbonyl (C=O) groups excluding carboxylic acids is 2. The fourth-order valence-electron chi connectivity index (χ4n) is 0.507. The van der Waals surface area contributed by atoms with Crippen molar-refractivity contribution in [3.63, 3.8) is 0 Å². The normalized spacial score (nSPS) is 15.9. The number of carbonyl (C=O) groups is 2. The SMILES string of the molecule is C=C(C)OB1OC(=O)C(=O)O1. The van der Waals surface area contributed by atoms with E-state index in [1.807, 2.05) is 0 Å². The van der Waals surface area contributed by atoms with Crippen molar-refractivity contribution in [2.45, 2.75) is 6.92 Å². The van der Waals surface area contributed by atoms with Crippen LogP contribution in [-0.2, 0) is 23.6 Å². The Labute approximate surface area is 63.1 Å². The average Bonchev–Trinajstić information content (AvgIpc) is 2.10. The van der Waals surface area contributed by atoms with E-state index in [0.29, 0.717) is 5.76 Å². The molecule has 6 heteroatoms. The summed E-state index contributed by atoms with van der Waals surface area (Å²) in [6.07, 6.45) is 0. The van der Waals surface area contributed by atoms with Gasteiger partial charge in [0.05, 0.1) is 5.76 Å². The van der Waals surface area contributed by atoms with E-state index in [9.17, 15) is 9.59 Å². The number of hydrogen-bond acceptors (Lipinski definition) is 5. The van der Waals surface area contributed by atoms with Gasteiger partial charge in [-0.1, -0.05) is 6.58 Å². The Morgan fingerprint density at radius 1 is 1.45 bits per heavy atom. The summed E-state index contributed by atoms with van der Waals surface area (Å²) in [5, 5.41) is 0. The van der Waals surface area contributed by atoms with Gasteiger partial charge in [0.25, 0.3) is 0 Å². The van der Waals surface area contributed by atoms with Crippen LogP contribution in [0, 0.1) is 0 Å². The van der Waals surface area contributed by atoms with Gasteiger partial charge in [0.1, 0.15) is 0 Å². The van der Waals surface area contributed by atoms with Crippen LogP contribution in [0.4, 0.5) is 0 Å². The molecule has 0 aromatic heterocycles. The van der Waals surface area contributed by atoms with E-state index in [0.717, 1.165) is 0 Å². The molecule has 0 spiro atoms. The summed E-state index contributed by atoms with van der Waals surface area (Å²) in [5.74, 6) is -1.79. The smallest absolute Gasteiger partial charge is 0.494 e. The molecule has 0 saturated carbocycles. The maximum Gasteiger partial charge on any atom is 0.868 e. The Morgan fingerprint density at radius 3 is 2.27 bits per heavy atom. The van der Waals surface area contributed by atoms with E-state index in [-0.39, 0.29) is 0 Å². The van der Waals surface area contributed by atoms with Crippen molar-refractivity contribution in [3.05, 3.63) is 12.3 Å². The van der Waals surface area contributed by atoms with Crippen molar-refractivity contribution in [1.29, 1.82) is 0 Å². The van der Waals surface area contributed by atoms with Crippen LogP contribution in [-0.4, -0.2) is 19.3 Å². The lowest BCUT2D eigenvalue weighted by atomic mass is 10.2. The van der Waals surface area contributed by atoms with Gasteiger partial charge in [-0.25, -0.2) is 9.59 Å². The fourth-order valence-corrected chi connectivity index (χ4v) is 0.507. The molecule has 1 saturated heterocycles. The maximum absolute atomic E-state index is 10.4. The van der Waals surface area contributed by atoms with Gasteiger partial charge in [-0.3, -0.25) is 0 Å². The van der Waals surface area contributed by atoms with E-state index in [1.54, 1.807) is 6.92 Å². The molecule has 1 fully saturated rings. The van der Waals surface area contributed by atoms with Gasteiger partial charge in [0, 0.05) is 0 Å². The van der Waals surface area contributed by atoms with Crippen molar-refractivity contribution in [2.24, 2.45) is 0 Å². The van der Waals surface area contributed by atoms with Gasteiger partial charge >= 0.3 is 19.3 Å². The zero-order chi connectivity index (χ0) is 8.43. The number of allylic oxidation sites excluding steroid dienone is 1. The summed E-state index contributed by atoms with van der Waals surface area (Å²) in [5.41, 5.74) is 0. The number of rotatable bonds is 2. The standard InChI is InChI=1S/C5H5BO5/c1-3(2)9-6-10-4(7)5(8)11-6/h1H2,2H3. The minimum Gasteiger partial charge on any atom is -0.494 e. The first-order valence-electron chi connectivity index (χ1n) is 2.83. The van der Waals surface area contributed by atoms with E-state index in [1.165, 1.54) is 0 Å². The summed E-state index contributed by atoms with van der Waals surface area (Å²) in [6, 6.07) is 0. The molecule has 0 amide bonds. The maximum atomic E-state index is 10.4. The molecular formula is C5H5BO5. The molecule has 0 unspecified atom stereocenters. The van der Waals surface area contributed by atoms with Crippen LogP contribution in [0.3, 0.4) is 0 Å². The van der Waals surface area contributed by atoms with E-state index >= 15 is 0 Å². The van der Waals surface area contributed by atoms with Gasteiger partial charge in [0.15, 0.2) is 0 Å². The molecule has 1 aliphatic heterocycles. The molecule has 0 N–H and O–H groups in total. The van der Waals surface area contributed by atoms with Crippen LogP contribution in [0.5, 0.6) is 0 Å². The Hall–Kier alpha value is -1.46. The highest BCUT2D eigenvalue weighted by atomic mass is 16.8. The van der Waals surface area contributed by atoms with Crippen LogP contribution in [0.2, 0.25) is 0 Å². The highest BCUT2D eigenvalue weighted by Crippen LogP contribution is 2.07. The van der Waals surface area contributed by atoms with E-state index < -0.39 is 19.3 Å². The van der Waals surface area contributed by atoms with Crippen molar-refractivity contribution in [3.8, 4) is 0 Å². The quantitative estimate of drug-likeness (QED) is 0.309. The first kappa shape index (κ1) is 7.65. The first-order valence-corrected chi connectivity index (χ1v) is 2.83. The molecule has 1 rings (SSSR count). The molecule has 1 heterocycles. The second kappa shape index (κ2) is 2.65. The zero-order valence-electron chi connectivity index (χ0n) is 5.83. The molecule has 0 aromatic rings. The summed E-state index contributed by atoms with van der Waals surface area (Å²) in [6.45, 7) is 4.91. The van der Waals surface area contributed by atoms with Crippen molar-refractivity contribution >= 4 is 19.3 Å². The molecule has 0 bridgehead atoms. The number of hydrogen-bond donors (Lipinski definition) is 0. The lowest BCUT2D eigenvalue weighted by Gasteiger charge is -2.02. The molecule has 0 radical (unpaired) electrons. The fraction of sp³-hybridized carbons (Fsp3) is 0.200. The third kappa shape index (κ3) is 1.73. The van der Waals surface area contributed by atoms with Crippen LogP contribution in [0.1, 0.15) is 6.92 Å². The van der Waals surface area contributed by atoms with Crippen molar-refractivity contribution in [2.75, 3.05) is 0 Å². The van der Waals surface area contributed by atoms with Crippen LogP contribution in [0.25, 0.3) is 0 Å². The average molecular weight is 156 g/mol. The Bertz CT molecular complexity index is 207. The molecule has 0 aromatic carbocycles. The zero-order valence-corrected chi connectivity index (χ0v) is 5.83. The summed E-state index contributed by atoms with van der Waals surface area (Å²) in [7, 11) is -1.26. The van der Waals surface area contributed by atoms with Crippen molar-refractivity contribution in [1.82, 2.24) is 0 Å². The van der Waals surface area contributed by atoms with Crippen LogP contribution in [0.15, 0.2) is 12.3 Å². The van der Waals surface area contributed by atoms with Gasteiger partial charge in [-0.2, -0.15) is 0 Å². The molecular weight excluding hydrogens is 151 g/mol. The molecule has 58 valence electrons. The second-order valence-electron chi connectivity index (χ2n) is 1.92. The van der Waals surface area contributed by atoms with Crippen molar-refractivity contribution < 1.29 is 23.6 Å². The van der Waals surface area contributed by atoms with E-state index in [2.05, 4.69) is 20.5 Å². The largest absolute Gasteiger partial charge is 0.868 e. The van der Waals surface area contributed by atoms with Crippen LogP contribution >= 0.6 is 0 Å². The third-order valence-electron chi connectivity index (χ3n) is 0.871. The topological polar surface area (TPSA) is 61.8 Å². The second-order valence-corrected chi connectivity index (χ2v) is 1.92. The Kier molecular flexibility index (Phi) is 1.84. The third-order valence-corrected chi connectivity index (χ3v) is 0.871. The monoisotopic (exact) mass is 156 g/mol. The molecule has 1 aliphatic rings. The molecule has 11 heavy (non-hydrogen) atoms. The molecule has 0 atom stereocenters. The van der Waals surface area contributed by atoms with Gasteiger partial charge in [-0.05, 0) is 6.92 Å². The predicted octanol–water partition coefficient (Wildman–Crippen LogP) is -0.379. The molecule has 5 nitrogen and oxygen atoms in total. The highest BCUT2D eigenvalue weighted by Gasteiger charge is 2.45. The van der Waals surface area contributed by atoms with Gasteiger partial charge < -0.3 is 14.0 Å². The Morgan fingerprint density at radius 2 is 1.91 bits per heavy atom. The van der Waals surface area contributed by atoms with Gasteiger partial charge in [-0.15, -0.1) is 0 Å².